The van der Waals surface area contributed by atoms with E-state index in [1.54, 1.807) is 0 Å². The highest BCUT2D eigenvalue weighted by Crippen LogP contribution is 2.53. The topological polar surface area (TPSA) is 0 Å². The van der Waals surface area contributed by atoms with E-state index in [2.05, 4.69) is 196 Å². The summed E-state index contributed by atoms with van der Waals surface area (Å²) in [4.78, 5) is 0. The Morgan fingerprint density at radius 2 is 0.784 bits per heavy atom. The monoisotopic (exact) mass is 648 g/mol. The van der Waals surface area contributed by atoms with E-state index in [0.29, 0.717) is 0 Å². The highest BCUT2D eigenvalue weighted by atomic mass is 14.4. The minimum absolute atomic E-state index is 0.127. The van der Waals surface area contributed by atoms with Crippen LogP contribution in [-0.4, -0.2) is 0 Å². The van der Waals surface area contributed by atoms with Crippen LogP contribution in [0.1, 0.15) is 25.0 Å². The van der Waals surface area contributed by atoms with E-state index in [1.165, 1.54) is 99.1 Å². The molecule has 0 aromatic heterocycles. The number of rotatable bonds is 4. The van der Waals surface area contributed by atoms with Gasteiger partial charge in [-0.15, -0.1) is 0 Å². The molecule has 0 heterocycles. The third-order valence-corrected chi connectivity index (χ3v) is 11.2. The van der Waals surface area contributed by atoms with Crippen molar-refractivity contribution in [2.45, 2.75) is 19.3 Å². The van der Waals surface area contributed by atoms with Crippen molar-refractivity contribution in [1.29, 1.82) is 0 Å². The second-order valence-corrected chi connectivity index (χ2v) is 14.5. The highest BCUT2D eigenvalue weighted by molar-refractivity contribution is 6.21. The van der Waals surface area contributed by atoms with Crippen molar-refractivity contribution in [3.8, 4) is 55.6 Å². The SMILES string of the molecule is CC1(C)c2cc3ccccc3cc2-c2cccc(-c3cccc(-c4c5ccccc5c(-c5ccc(-c6ccccc6)cc5)c5ccccc45)c3)c21. The second-order valence-electron chi connectivity index (χ2n) is 14.5. The minimum atomic E-state index is -0.127. The van der Waals surface area contributed by atoms with E-state index in [4.69, 9.17) is 0 Å². The van der Waals surface area contributed by atoms with Crippen LogP contribution < -0.4 is 0 Å². The summed E-state index contributed by atoms with van der Waals surface area (Å²) in [5.74, 6) is 0. The molecule has 0 radical (unpaired) electrons. The van der Waals surface area contributed by atoms with Gasteiger partial charge in [0.25, 0.3) is 0 Å². The van der Waals surface area contributed by atoms with E-state index >= 15 is 0 Å². The molecule has 0 N–H and O–H groups in total. The van der Waals surface area contributed by atoms with Gasteiger partial charge in [0.15, 0.2) is 0 Å². The molecule has 51 heavy (non-hydrogen) atoms. The summed E-state index contributed by atoms with van der Waals surface area (Å²) in [7, 11) is 0. The second kappa shape index (κ2) is 11.4. The molecule has 0 heteroatoms. The highest BCUT2D eigenvalue weighted by Gasteiger charge is 2.37. The molecule has 9 aromatic carbocycles. The van der Waals surface area contributed by atoms with Crippen molar-refractivity contribution in [3.63, 3.8) is 0 Å². The number of hydrogen-bond donors (Lipinski definition) is 0. The van der Waals surface area contributed by atoms with Crippen LogP contribution in [0.5, 0.6) is 0 Å². The zero-order valence-corrected chi connectivity index (χ0v) is 28.8. The molecule has 1 aliphatic carbocycles. The normalized spacial score (nSPS) is 13.1. The Balaban J connectivity index is 1.15. The summed E-state index contributed by atoms with van der Waals surface area (Å²) in [5, 5.41) is 7.68. The van der Waals surface area contributed by atoms with Gasteiger partial charge in [-0.05, 0) is 117 Å². The van der Waals surface area contributed by atoms with Gasteiger partial charge in [-0.1, -0.05) is 178 Å². The first-order valence-electron chi connectivity index (χ1n) is 17.9. The molecular weight excluding hydrogens is 613 g/mol. The van der Waals surface area contributed by atoms with Crippen LogP contribution in [0.2, 0.25) is 0 Å². The molecule has 0 nitrogen and oxygen atoms in total. The molecule has 0 aliphatic heterocycles. The van der Waals surface area contributed by atoms with Crippen LogP contribution in [-0.2, 0) is 5.41 Å². The van der Waals surface area contributed by atoms with Gasteiger partial charge in [-0.2, -0.15) is 0 Å². The predicted molar refractivity (Wildman–Crippen MR) is 218 cm³/mol. The molecule has 0 saturated heterocycles. The smallest absolute Gasteiger partial charge is 0.0165 e. The van der Waals surface area contributed by atoms with Crippen molar-refractivity contribution in [1.82, 2.24) is 0 Å². The van der Waals surface area contributed by atoms with Crippen molar-refractivity contribution in [3.05, 3.63) is 193 Å². The average Bonchev–Trinajstić information content (AvgIpc) is 3.41. The molecule has 0 spiro atoms. The van der Waals surface area contributed by atoms with E-state index < -0.39 is 0 Å². The Bertz CT molecular complexity index is 2740. The van der Waals surface area contributed by atoms with Crippen molar-refractivity contribution >= 4 is 32.3 Å². The number of hydrogen-bond acceptors (Lipinski definition) is 0. The first-order valence-corrected chi connectivity index (χ1v) is 17.9. The van der Waals surface area contributed by atoms with Crippen LogP contribution in [0.3, 0.4) is 0 Å². The Morgan fingerprint density at radius 1 is 0.314 bits per heavy atom. The molecule has 10 rings (SSSR count). The summed E-state index contributed by atoms with van der Waals surface area (Å²) in [6.45, 7) is 4.79. The van der Waals surface area contributed by atoms with Gasteiger partial charge >= 0.3 is 0 Å². The first-order chi connectivity index (χ1) is 25.1. The van der Waals surface area contributed by atoms with E-state index in [1.807, 2.05) is 0 Å². The molecule has 0 bridgehead atoms. The van der Waals surface area contributed by atoms with Gasteiger partial charge in [-0.25, -0.2) is 0 Å². The van der Waals surface area contributed by atoms with E-state index in [-0.39, 0.29) is 5.41 Å². The fourth-order valence-corrected chi connectivity index (χ4v) is 8.86. The number of benzene rings is 9. The van der Waals surface area contributed by atoms with E-state index in [0.717, 1.165) is 0 Å². The fraction of sp³-hybridized carbons (Fsp3) is 0.0588. The summed E-state index contributed by atoms with van der Waals surface area (Å²) in [6.07, 6.45) is 0. The van der Waals surface area contributed by atoms with Gasteiger partial charge < -0.3 is 0 Å². The van der Waals surface area contributed by atoms with Crippen molar-refractivity contribution in [2.24, 2.45) is 0 Å². The Kier molecular flexibility index (Phi) is 6.63. The lowest BCUT2D eigenvalue weighted by atomic mass is 9.78. The van der Waals surface area contributed by atoms with Gasteiger partial charge in [-0.3, -0.25) is 0 Å². The summed E-state index contributed by atoms with van der Waals surface area (Å²) >= 11 is 0. The molecule has 0 unspecified atom stereocenters. The lowest BCUT2D eigenvalue weighted by Gasteiger charge is -2.25. The quantitative estimate of drug-likeness (QED) is 0.167. The van der Waals surface area contributed by atoms with Crippen LogP contribution in [0.15, 0.2) is 182 Å². The largest absolute Gasteiger partial charge is 0.0622 e. The third kappa shape index (κ3) is 4.60. The van der Waals surface area contributed by atoms with Crippen molar-refractivity contribution in [2.75, 3.05) is 0 Å². The lowest BCUT2D eigenvalue weighted by molar-refractivity contribution is 0.663. The van der Waals surface area contributed by atoms with E-state index in [9.17, 15) is 0 Å². The Hall–Kier alpha value is -6.24. The van der Waals surface area contributed by atoms with Crippen LogP contribution in [0.25, 0.3) is 88.0 Å². The van der Waals surface area contributed by atoms with Gasteiger partial charge in [0, 0.05) is 5.41 Å². The maximum absolute atomic E-state index is 2.42. The van der Waals surface area contributed by atoms with Gasteiger partial charge in [0.2, 0.25) is 0 Å². The molecule has 0 saturated carbocycles. The minimum Gasteiger partial charge on any atom is -0.0622 e. The fourth-order valence-electron chi connectivity index (χ4n) is 8.86. The number of fused-ring (bicyclic) bond motifs is 6. The Morgan fingerprint density at radius 3 is 1.45 bits per heavy atom. The van der Waals surface area contributed by atoms with Gasteiger partial charge in [0.05, 0.1) is 0 Å². The molecule has 240 valence electrons. The maximum Gasteiger partial charge on any atom is 0.0165 e. The summed E-state index contributed by atoms with van der Waals surface area (Å²) < 4.78 is 0. The molecule has 0 fully saturated rings. The van der Waals surface area contributed by atoms with Crippen LogP contribution in [0.4, 0.5) is 0 Å². The zero-order chi connectivity index (χ0) is 34.1. The molecule has 9 aromatic rings. The summed E-state index contributed by atoms with van der Waals surface area (Å²) in [6, 6.07) is 67.3. The van der Waals surface area contributed by atoms with Crippen molar-refractivity contribution < 1.29 is 0 Å². The molecule has 0 amide bonds. The Labute approximate surface area is 299 Å². The molecular formula is C51H36. The first kappa shape index (κ1) is 29.7. The standard InChI is InChI=1S/C51H36/c1-51(2)47-32-37-17-7-6-16-36(37)31-46(47)45-25-13-24-40(50(45)51)38-18-12-19-39(30-38)49-43-22-10-8-20-41(43)48(42-21-9-11-23-44(42)49)35-28-26-34(27-29-35)33-14-4-3-5-15-33/h3-32H,1-2H3. The average molecular weight is 649 g/mol. The molecule has 0 atom stereocenters. The lowest BCUT2D eigenvalue weighted by Crippen LogP contribution is -2.16. The third-order valence-electron chi connectivity index (χ3n) is 11.2. The molecule has 1 aliphatic rings. The zero-order valence-electron chi connectivity index (χ0n) is 28.8. The van der Waals surface area contributed by atoms with Crippen LogP contribution >= 0.6 is 0 Å². The summed E-state index contributed by atoms with van der Waals surface area (Å²) in [5.41, 5.74) is 15.5. The predicted octanol–water partition coefficient (Wildman–Crippen LogP) is 14.1. The maximum atomic E-state index is 2.42. The van der Waals surface area contributed by atoms with Gasteiger partial charge in [0.1, 0.15) is 0 Å². The van der Waals surface area contributed by atoms with Crippen LogP contribution in [0, 0.1) is 0 Å².